The molecule has 0 aliphatic carbocycles. The van der Waals surface area contributed by atoms with Crippen molar-refractivity contribution in [3.63, 3.8) is 0 Å². The summed E-state index contributed by atoms with van der Waals surface area (Å²) in [5, 5.41) is 11.5. The Bertz CT molecular complexity index is 1220. The summed E-state index contributed by atoms with van der Waals surface area (Å²) in [7, 11) is -3.59. The third-order valence-corrected chi connectivity index (χ3v) is 7.59. The average Bonchev–Trinajstić information content (AvgIpc) is 3.14. The van der Waals surface area contributed by atoms with E-state index in [1.807, 2.05) is 31.2 Å². The Morgan fingerprint density at radius 3 is 2.39 bits per heavy atom. The molecule has 1 N–H and O–H groups in total. The maximum atomic E-state index is 12.8. The first-order chi connectivity index (χ1) is 15.7. The number of aromatic nitrogens is 3. The summed E-state index contributed by atoms with van der Waals surface area (Å²) in [6.45, 7) is 10.2. The van der Waals surface area contributed by atoms with Gasteiger partial charge in [-0.25, -0.2) is 8.42 Å². The standard InChI is InChI=1S/C24H28N4O3S2/c1-5-14-28-22(16-33(30,31)21-12-6-18(4)7-13-21)26-27-24(28)32-15-23(29)25-20-10-8-19(9-11-20)17(2)3/h5-13,17H,1,14-16H2,2-4H3,(H,25,29). The Balaban J connectivity index is 1.68. The lowest BCUT2D eigenvalue weighted by Gasteiger charge is -2.10. The zero-order chi connectivity index (χ0) is 24.0. The Hall–Kier alpha value is -2.91. The Morgan fingerprint density at radius 1 is 1.12 bits per heavy atom. The van der Waals surface area contributed by atoms with Gasteiger partial charge in [0.2, 0.25) is 5.91 Å². The van der Waals surface area contributed by atoms with Gasteiger partial charge in [-0.15, -0.1) is 16.8 Å². The van der Waals surface area contributed by atoms with Crippen LogP contribution in [-0.4, -0.2) is 34.8 Å². The summed E-state index contributed by atoms with van der Waals surface area (Å²) in [5.74, 6) is 0.380. The number of carbonyl (C=O) groups excluding carboxylic acids is 1. The van der Waals surface area contributed by atoms with Crippen LogP contribution in [0.2, 0.25) is 0 Å². The van der Waals surface area contributed by atoms with Crippen LogP contribution in [0.4, 0.5) is 5.69 Å². The van der Waals surface area contributed by atoms with E-state index in [9.17, 15) is 13.2 Å². The number of rotatable bonds is 10. The number of thioether (sulfide) groups is 1. The van der Waals surface area contributed by atoms with E-state index in [-0.39, 0.29) is 22.3 Å². The van der Waals surface area contributed by atoms with Gasteiger partial charge in [-0.1, -0.05) is 61.5 Å². The zero-order valence-corrected chi connectivity index (χ0v) is 20.6. The van der Waals surface area contributed by atoms with Gasteiger partial charge in [-0.2, -0.15) is 0 Å². The lowest BCUT2D eigenvalue weighted by Crippen LogP contribution is -2.15. The normalized spacial score (nSPS) is 11.5. The first-order valence-corrected chi connectivity index (χ1v) is 13.2. The predicted octanol–water partition coefficient (Wildman–Crippen LogP) is 4.60. The van der Waals surface area contributed by atoms with Crippen molar-refractivity contribution in [3.8, 4) is 0 Å². The van der Waals surface area contributed by atoms with E-state index in [1.165, 1.54) is 17.3 Å². The van der Waals surface area contributed by atoms with Crippen LogP contribution in [0.1, 0.15) is 36.7 Å². The molecular formula is C24H28N4O3S2. The molecule has 1 heterocycles. The molecule has 9 heteroatoms. The monoisotopic (exact) mass is 484 g/mol. The van der Waals surface area contributed by atoms with Crippen LogP contribution in [0.25, 0.3) is 0 Å². The second kappa shape index (κ2) is 10.8. The first-order valence-electron chi connectivity index (χ1n) is 10.5. The zero-order valence-electron chi connectivity index (χ0n) is 19.0. The van der Waals surface area contributed by atoms with E-state index in [4.69, 9.17) is 0 Å². The highest BCUT2D eigenvalue weighted by atomic mass is 32.2. The smallest absolute Gasteiger partial charge is 0.234 e. The first kappa shape index (κ1) is 24.7. The van der Waals surface area contributed by atoms with Gasteiger partial charge in [0.25, 0.3) is 0 Å². The van der Waals surface area contributed by atoms with Crippen molar-refractivity contribution < 1.29 is 13.2 Å². The summed E-state index contributed by atoms with van der Waals surface area (Å²) < 4.78 is 27.3. The van der Waals surface area contributed by atoms with E-state index >= 15 is 0 Å². The number of anilines is 1. The Labute approximate surface area is 199 Å². The molecule has 3 rings (SSSR count). The van der Waals surface area contributed by atoms with Crippen molar-refractivity contribution in [1.29, 1.82) is 0 Å². The maximum absolute atomic E-state index is 12.8. The summed E-state index contributed by atoms with van der Waals surface area (Å²) in [4.78, 5) is 12.7. The summed E-state index contributed by atoms with van der Waals surface area (Å²) in [6.07, 6.45) is 1.64. The fourth-order valence-corrected chi connectivity index (χ4v) is 5.16. The molecule has 0 spiro atoms. The van der Waals surface area contributed by atoms with Crippen molar-refractivity contribution in [1.82, 2.24) is 14.8 Å². The van der Waals surface area contributed by atoms with Gasteiger partial charge < -0.3 is 9.88 Å². The van der Waals surface area contributed by atoms with Gasteiger partial charge in [0, 0.05) is 12.2 Å². The maximum Gasteiger partial charge on any atom is 0.234 e. The van der Waals surface area contributed by atoms with E-state index < -0.39 is 9.84 Å². The second-order valence-corrected chi connectivity index (χ2v) is 10.9. The van der Waals surface area contributed by atoms with Gasteiger partial charge in [0.15, 0.2) is 15.0 Å². The SMILES string of the molecule is C=CCn1c(CS(=O)(=O)c2ccc(C)cc2)nnc1SCC(=O)Nc1ccc(C(C)C)cc1. The summed E-state index contributed by atoms with van der Waals surface area (Å²) in [6, 6.07) is 14.5. The van der Waals surface area contributed by atoms with Gasteiger partial charge in [-0.05, 0) is 42.7 Å². The quantitative estimate of drug-likeness (QED) is 0.334. The van der Waals surface area contributed by atoms with Crippen molar-refractivity contribution >= 4 is 33.2 Å². The average molecular weight is 485 g/mol. The van der Waals surface area contributed by atoms with Crippen molar-refractivity contribution in [2.24, 2.45) is 0 Å². The minimum atomic E-state index is -3.59. The molecule has 0 bridgehead atoms. The van der Waals surface area contributed by atoms with Crippen LogP contribution in [0.15, 0.2) is 71.2 Å². The molecule has 0 unspecified atom stereocenters. The number of nitrogens with zero attached hydrogens (tertiary/aromatic N) is 3. The van der Waals surface area contributed by atoms with Crippen molar-refractivity contribution in [3.05, 3.63) is 78.1 Å². The molecule has 33 heavy (non-hydrogen) atoms. The van der Waals surface area contributed by atoms with Crippen LogP contribution in [0.5, 0.6) is 0 Å². The topological polar surface area (TPSA) is 93.9 Å². The van der Waals surface area contributed by atoms with Crippen LogP contribution < -0.4 is 5.32 Å². The number of sulfone groups is 1. The Morgan fingerprint density at radius 2 is 1.79 bits per heavy atom. The molecule has 0 saturated carbocycles. The fourth-order valence-electron chi connectivity index (χ4n) is 3.12. The lowest BCUT2D eigenvalue weighted by atomic mass is 10.0. The minimum absolute atomic E-state index is 0.117. The second-order valence-electron chi connectivity index (χ2n) is 7.98. The highest BCUT2D eigenvalue weighted by Gasteiger charge is 2.21. The number of benzene rings is 2. The number of carbonyl (C=O) groups is 1. The number of aryl methyl sites for hydroxylation is 1. The molecule has 1 aromatic heterocycles. The van der Waals surface area contributed by atoms with Crippen LogP contribution in [0.3, 0.4) is 0 Å². The minimum Gasteiger partial charge on any atom is -0.325 e. The van der Waals surface area contributed by atoms with Crippen LogP contribution in [-0.2, 0) is 26.9 Å². The molecule has 1 amide bonds. The third-order valence-electron chi connectivity index (χ3n) is 5.00. The Kier molecular flexibility index (Phi) is 8.10. The van der Waals surface area contributed by atoms with Crippen LogP contribution >= 0.6 is 11.8 Å². The highest BCUT2D eigenvalue weighted by Crippen LogP contribution is 2.22. The number of allylic oxidation sites excluding steroid dienone is 1. The number of hydrogen-bond donors (Lipinski definition) is 1. The molecule has 0 radical (unpaired) electrons. The summed E-state index contributed by atoms with van der Waals surface area (Å²) >= 11 is 1.20. The molecule has 0 fully saturated rings. The number of hydrogen-bond acceptors (Lipinski definition) is 6. The van der Waals surface area contributed by atoms with Gasteiger partial charge in [-0.3, -0.25) is 4.79 Å². The number of nitrogens with one attached hydrogen (secondary N) is 1. The van der Waals surface area contributed by atoms with Crippen molar-refractivity contribution in [2.45, 2.75) is 49.0 Å². The predicted molar refractivity (Wildman–Crippen MR) is 132 cm³/mol. The van der Waals surface area contributed by atoms with Crippen molar-refractivity contribution in [2.75, 3.05) is 11.1 Å². The molecule has 174 valence electrons. The van der Waals surface area contributed by atoms with Gasteiger partial charge >= 0.3 is 0 Å². The van der Waals surface area contributed by atoms with E-state index in [0.717, 1.165) is 11.3 Å². The molecule has 7 nitrogen and oxygen atoms in total. The molecule has 0 aliphatic rings. The van der Waals surface area contributed by atoms with E-state index in [1.54, 1.807) is 34.9 Å². The lowest BCUT2D eigenvalue weighted by molar-refractivity contribution is -0.113. The fraction of sp³-hybridized carbons (Fsp3) is 0.292. The van der Waals surface area contributed by atoms with Crippen LogP contribution in [0, 0.1) is 6.92 Å². The van der Waals surface area contributed by atoms with E-state index in [2.05, 4.69) is 35.9 Å². The van der Waals surface area contributed by atoms with Gasteiger partial charge in [0.05, 0.1) is 10.6 Å². The molecule has 0 atom stereocenters. The molecule has 0 saturated heterocycles. The summed E-state index contributed by atoms with van der Waals surface area (Å²) in [5.41, 5.74) is 2.91. The molecule has 2 aromatic carbocycles. The van der Waals surface area contributed by atoms with E-state index in [0.29, 0.717) is 23.4 Å². The highest BCUT2D eigenvalue weighted by molar-refractivity contribution is 7.99. The third kappa shape index (κ3) is 6.55. The van der Waals surface area contributed by atoms with Gasteiger partial charge in [0.1, 0.15) is 11.6 Å². The number of amides is 1. The molecular weight excluding hydrogens is 456 g/mol. The molecule has 3 aromatic rings. The largest absolute Gasteiger partial charge is 0.325 e. The molecule has 0 aliphatic heterocycles.